The second-order valence-corrected chi connectivity index (χ2v) is 5.64. The molecular weight excluding hydrogens is 318 g/mol. The van der Waals surface area contributed by atoms with E-state index in [1.807, 2.05) is 25.1 Å². The molecule has 126 valence electrons. The monoisotopic (exact) mass is 335 g/mol. The Kier molecular flexibility index (Phi) is 4.48. The fourth-order valence-corrected chi connectivity index (χ4v) is 2.66. The molecule has 3 rings (SSSR count). The standard InChI is InChI=1S/C20H17NO4/c1-12-4-9-17-15(10-12)16(20(23)25-3)11-18(21-17)13-5-7-14(8-6-13)19(22)24-2/h4-11H,1-3H3. The molecule has 1 aromatic heterocycles. The Balaban J connectivity index is 2.15. The molecule has 0 aliphatic rings. The molecule has 5 nitrogen and oxygen atoms in total. The van der Waals surface area contributed by atoms with Crippen molar-refractivity contribution in [1.82, 2.24) is 4.98 Å². The van der Waals surface area contributed by atoms with E-state index in [1.165, 1.54) is 14.2 Å². The minimum atomic E-state index is -0.412. The minimum Gasteiger partial charge on any atom is -0.465 e. The summed E-state index contributed by atoms with van der Waals surface area (Å²) in [4.78, 5) is 28.4. The van der Waals surface area contributed by atoms with Crippen LogP contribution in [0.2, 0.25) is 0 Å². The summed E-state index contributed by atoms with van der Waals surface area (Å²) in [6.45, 7) is 1.96. The van der Waals surface area contributed by atoms with Gasteiger partial charge in [0.1, 0.15) is 0 Å². The van der Waals surface area contributed by atoms with E-state index in [2.05, 4.69) is 4.98 Å². The Morgan fingerprint density at radius 2 is 1.56 bits per heavy atom. The molecule has 5 heteroatoms. The molecule has 0 saturated heterocycles. The van der Waals surface area contributed by atoms with Gasteiger partial charge in [-0.15, -0.1) is 0 Å². The molecule has 0 bridgehead atoms. The van der Waals surface area contributed by atoms with E-state index in [0.29, 0.717) is 22.3 Å². The van der Waals surface area contributed by atoms with Crippen molar-refractivity contribution >= 4 is 22.8 Å². The van der Waals surface area contributed by atoms with Crippen molar-refractivity contribution in [2.75, 3.05) is 14.2 Å². The van der Waals surface area contributed by atoms with E-state index in [-0.39, 0.29) is 0 Å². The zero-order chi connectivity index (χ0) is 18.0. The quantitative estimate of drug-likeness (QED) is 0.682. The van der Waals surface area contributed by atoms with Gasteiger partial charge < -0.3 is 9.47 Å². The van der Waals surface area contributed by atoms with E-state index in [9.17, 15) is 9.59 Å². The van der Waals surface area contributed by atoms with Gasteiger partial charge in [0, 0.05) is 10.9 Å². The molecule has 1 heterocycles. The van der Waals surface area contributed by atoms with Crippen LogP contribution in [0.5, 0.6) is 0 Å². The van der Waals surface area contributed by atoms with Gasteiger partial charge >= 0.3 is 11.9 Å². The normalized spacial score (nSPS) is 10.5. The average Bonchev–Trinajstić information content (AvgIpc) is 2.66. The molecule has 0 fully saturated rings. The number of hydrogen-bond acceptors (Lipinski definition) is 5. The lowest BCUT2D eigenvalue weighted by atomic mass is 10.0. The van der Waals surface area contributed by atoms with Crippen LogP contribution in [0.25, 0.3) is 22.2 Å². The van der Waals surface area contributed by atoms with Crippen LogP contribution in [0.4, 0.5) is 0 Å². The number of rotatable bonds is 3. The number of pyridine rings is 1. The number of hydrogen-bond donors (Lipinski definition) is 0. The number of nitrogens with zero attached hydrogens (tertiary/aromatic N) is 1. The van der Waals surface area contributed by atoms with Crippen molar-refractivity contribution < 1.29 is 19.1 Å². The predicted molar refractivity (Wildman–Crippen MR) is 94.6 cm³/mol. The molecule has 0 unspecified atom stereocenters. The van der Waals surface area contributed by atoms with Gasteiger partial charge in [0.05, 0.1) is 36.6 Å². The summed E-state index contributed by atoms with van der Waals surface area (Å²) in [5.41, 5.74) is 4.09. The Hall–Kier alpha value is -3.21. The summed E-state index contributed by atoms with van der Waals surface area (Å²) in [7, 11) is 2.70. The Labute approximate surface area is 145 Å². The molecule has 0 atom stereocenters. The number of esters is 2. The minimum absolute atomic E-state index is 0.399. The number of aromatic nitrogens is 1. The number of methoxy groups -OCH3 is 2. The lowest BCUT2D eigenvalue weighted by molar-refractivity contribution is 0.0593. The lowest BCUT2D eigenvalue weighted by Crippen LogP contribution is -2.04. The zero-order valence-corrected chi connectivity index (χ0v) is 14.2. The number of aryl methyl sites for hydroxylation is 1. The lowest BCUT2D eigenvalue weighted by Gasteiger charge is -2.10. The van der Waals surface area contributed by atoms with Crippen molar-refractivity contribution in [2.24, 2.45) is 0 Å². The summed E-state index contributed by atoms with van der Waals surface area (Å²) < 4.78 is 9.61. The number of carbonyl (C=O) groups excluding carboxylic acids is 2. The molecule has 2 aromatic carbocycles. The molecule has 3 aromatic rings. The molecule has 0 spiro atoms. The topological polar surface area (TPSA) is 65.5 Å². The van der Waals surface area contributed by atoms with Gasteiger partial charge in [-0.05, 0) is 37.3 Å². The Morgan fingerprint density at radius 1 is 0.880 bits per heavy atom. The van der Waals surface area contributed by atoms with Crippen LogP contribution in [-0.4, -0.2) is 31.1 Å². The molecule has 0 aliphatic carbocycles. The summed E-state index contributed by atoms with van der Waals surface area (Å²) in [5.74, 6) is -0.811. The number of ether oxygens (including phenoxy) is 2. The van der Waals surface area contributed by atoms with Gasteiger partial charge in [0.2, 0.25) is 0 Å². The highest BCUT2D eigenvalue weighted by atomic mass is 16.5. The van der Waals surface area contributed by atoms with Gasteiger partial charge in [-0.3, -0.25) is 0 Å². The number of fused-ring (bicyclic) bond motifs is 1. The maximum Gasteiger partial charge on any atom is 0.338 e. The third-order valence-corrected chi connectivity index (χ3v) is 3.97. The highest BCUT2D eigenvalue weighted by Gasteiger charge is 2.15. The Morgan fingerprint density at radius 3 is 2.20 bits per heavy atom. The second kappa shape index (κ2) is 6.73. The number of benzene rings is 2. The third kappa shape index (κ3) is 3.21. The van der Waals surface area contributed by atoms with Crippen LogP contribution in [0.3, 0.4) is 0 Å². The van der Waals surface area contributed by atoms with Crippen molar-refractivity contribution in [3.8, 4) is 11.3 Å². The van der Waals surface area contributed by atoms with Gasteiger partial charge in [-0.2, -0.15) is 0 Å². The van der Waals surface area contributed by atoms with Crippen molar-refractivity contribution in [3.05, 3.63) is 65.2 Å². The fraction of sp³-hybridized carbons (Fsp3) is 0.150. The predicted octanol–water partition coefficient (Wildman–Crippen LogP) is 3.78. The van der Waals surface area contributed by atoms with E-state index < -0.39 is 11.9 Å². The van der Waals surface area contributed by atoms with Gasteiger partial charge in [-0.1, -0.05) is 23.8 Å². The van der Waals surface area contributed by atoms with E-state index >= 15 is 0 Å². The van der Waals surface area contributed by atoms with Gasteiger partial charge in [-0.25, -0.2) is 14.6 Å². The van der Waals surface area contributed by atoms with Crippen LogP contribution < -0.4 is 0 Å². The Bertz CT molecular complexity index is 961. The van der Waals surface area contributed by atoms with Gasteiger partial charge in [0.25, 0.3) is 0 Å². The molecular formula is C20H17NO4. The highest BCUT2D eigenvalue weighted by Crippen LogP contribution is 2.26. The molecule has 0 radical (unpaired) electrons. The largest absolute Gasteiger partial charge is 0.465 e. The maximum atomic E-state index is 12.2. The zero-order valence-electron chi connectivity index (χ0n) is 14.2. The first-order valence-electron chi connectivity index (χ1n) is 7.72. The van der Waals surface area contributed by atoms with Gasteiger partial charge in [0.15, 0.2) is 0 Å². The molecule has 25 heavy (non-hydrogen) atoms. The van der Waals surface area contributed by atoms with E-state index in [0.717, 1.165) is 16.5 Å². The second-order valence-electron chi connectivity index (χ2n) is 5.64. The summed E-state index contributed by atoms with van der Waals surface area (Å²) in [6.07, 6.45) is 0. The third-order valence-electron chi connectivity index (χ3n) is 3.97. The molecule has 0 saturated carbocycles. The molecule has 0 N–H and O–H groups in total. The summed E-state index contributed by atoms with van der Waals surface area (Å²) >= 11 is 0. The van der Waals surface area contributed by atoms with Crippen molar-refractivity contribution in [3.63, 3.8) is 0 Å². The SMILES string of the molecule is COC(=O)c1ccc(-c2cc(C(=O)OC)c3cc(C)ccc3n2)cc1. The van der Waals surface area contributed by atoms with E-state index in [4.69, 9.17) is 9.47 Å². The first-order valence-corrected chi connectivity index (χ1v) is 7.72. The van der Waals surface area contributed by atoms with Crippen LogP contribution in [0.15, 0.2) is 48.5 Å². The average molecular weight is 335 g/mol. The first kappa shape index (κ1) is 16.6. The number of carbonyl (C=O) groups is 2. The molecule has 0 amide bonds. The van der Waals surface area contributed by atoms with Crippen LogP contribution in [0.1, 0.15) is 26.3 Å². The molecule has 0 aliphatic heterocycles. The summed E-state index contributed by atoms with van der Waals surface area (Å²) in [6, 6.07) is 14.3. The van der Waals surface area contributed by atoms with Crippen molar-refractivity contribution in [1.29, 1.82) is 0 Å². The van der Waals surface area contributed by atoms with Crippen LogP contribution in [-0.2, 0) is 9.47 Å². The maximum absolute atomic E-state index is 12.2. The smallest absolute Gasteiger partial charge is 0.338 e. The fourth-order valence-electron chi connectivity index (χ4n) is 2.66. The van der Waals surface area contributed by atoms with E-state index in [1.54, 1.807) is 30.3 Å². The highest BCUT2D eigenvalue weighted by molar-refractivity contribution is 6.04. The summed E-state index contributed by atoms with van der Waals surface area (Å²) in [5, 5.41) is 0.752. The van der Waals surface area contributed by atoms with Crippen LogP contribution >= 0.6 is 0 Å². The van der Waals surface area contributed by atoms with Crippen molar-refractivity contribution in [2.45, 2.75) is 6.92 Å². The van der Waals surface area contributed by atoms with Crippen LogP contribution in [0, 0.1) is 6.92 Å². The first-order chi connectivity index (χ1) is 12.0.